The molecule has 1 saturated heterocycles. The molecule has 1 fully saturated rings. The third-order valence-electron chi connectivity index (χ3n) is 3.21. The number of ether oxygens (including phenoxy) is 5. The Hall–Kier alpha value is -2.20. The average molecular weight is 347 g/mol. The molecule has 1 amide bonds. The predicted molar refractivity (Wildman–Crippen MR) is 76.4 cm³/mol. The first kappa shape index (κ1) is 19.8. The number of nitrogens with one attached hydrogen (secondary N) is 1. The number of methoxy groups -OCH3 is 2. The molecule has 1 N–H and O–H groups in total. The highest BCUT2D eigenvalue weighted by Gasteiger charge is 2.53. The molecule has 0 bridgehead atoms. The van der Waals surface area contributed by atoms with Crippen LogP contribution in [-0.4, -0.2) is 68.7 Å². The quantitative estimate of drug-likeness (QED) is 0.487. The van der Waals surface area contributed by atoms with E-state index in [0.717, 1.165) is 21.0 Å². The molecule has 10 heteroatoms. The largest absolute Gasteiger partial charge is 0.467 e. The molecular weight excluding hydrogens is 326 g/mol. The maximum Gasteiger partial charge on any atom is 0.337 e. The van der Waals surface area contributed by atoms with Gasteiger partial charge in [0.2, 0.25) is 12.2 Å². The third-order valence-corrected chi connectivity index (χ3v) is 3.21. The Morgan fingerprint density at radius 1 is 0.917 bits per heavy atom. The van der Waals surface area contributed by atoms with E-state index in [-0.39, 0.29) is 0 Å². The molecule has 1 aliphatic rings. The molecule has 0 spiro atoms. The van der Waals surface area contributed by atoms with Crippen molar-refractivity contribution in [2.45, 2.75) is 51.4 Å². The van der Waals surface area contributed by atoms with Crippen molar-refractivity contribution >= 4 is 23.8 Å². The Morgan fingerprint density at radius 2 is 1.50 bits per heavy atom. The molecular formula is C14H21NO9. The van der Waals surface area contributed by atoms with E-state index in [2.05, 4.69) is 10.1 Å². The monoisotopic (exact) mass is 347 g/mol. The zero-order chi connectivity index (χ0) is 18.4. The predicted octanol–water partition coefficient (Wildman–Crippen LogP) is -1.10. The summed E-state index contributed by atoms with van der Waals surface area (Å²) in [6.07, 6.45) is -4.92. The van der Waals surface area contributed by atoms with Crippen LogP contribution in [0.1, 0.15) is 20.8 Å². The summed E-state index contributed by atoms with van der Waals surface area (Å²) >= 11 is 0. The highest BCUT2D eigenvalue weighted by molar-refractivity contribution is 5.79. The smallest absolute Gasteiger partial charge is 0.337 e. The summed E-state index contributed by atoms with van der Waals surface area (Å²) in [7, 11) is 2.43. The highest BCUT2D eigenvalue weighted by Crippen LogP contribution is 2.27. The van der Waals surface area contributed by atoms with Gasteiger partial charge in [0.05, 0.1) is 13.2 Å². The number of rotatable bonds is 5. The lowest BCUT2D eigenvalue weighted by atomic mass is 9.95. The number of amides is 1. The van der Waals surface area contributed by atoms with Crippen LogP contribution in [0.25, 0.3) is 0 Å². The zero-order valence-electron chi connectivity index (χ0n) is 14.1. The van der Waals surface area contributed by atoms with E-state index in [4.69, 9.17) is 18.9 Å². The van der Waals surface area contributed by atoms with Gasteiger partial charge in [-0.1, -0.05) is 0 Å². The number of carbonyl (C=O) groups is 4. The second-order valence-corrected chi connectivity index (χ2v) is 5.06. The fraction of sp³-hybridized carbons (Fsp3) is 0.714. The minimum absolute atomic E-state index is 0.466. The standard InChI is InChI=1S/C14H21NO9/c1-6(16)15-9-10(20-4)12(22-7(2)17)14(23-8(3)18)24-11(9)13(19)21-5/h9-12,14H,1-5H3,(H,15,16)/t9-,10-,11-,12+,14+/m1/s1. The van der Waals surface area contributed by atoms with Gasteiger partial charge in [-0.15, -0.1) is 0 Å². The van der Waals surface area contributed by atoms with Gasteiger partial charge in [0.1, 0.15) is 6.10 Å². The van der Waals surface area contributed by atoms with Crippen molar-refractivity contribution in [1.29, 1.82) is 0 Å². The van der Waals surface area contributed by atoms with Crippen LogP contribution in [0.2, 0.25) is 0 Å². The van der Waals surface area contributed by atoms with Crippen LogP contribution >= 0.6 is 0 Å². The number of carbonyl (C=O) groups excluding carboxylic acids is 4. The molecule has 24 heavy (non-hydrogen) atoms. The van der Waals surface area contributed by atoms with E-state index in [1.807, 2.05) is 0 Å². The van der Waals surface area contributed by atoms with Gasteiger partial charge in [0, 0.05) is 27.9 Å². The van der Waals surface area contributed by atoms with Gasteiger partial charge < -0.3 is 29.0 Å². The third kappa shape index (κ3) is 4.90. The summed E-state index contributed by atoms with van der Waals surface area (Å²) in [5, 5.41) is 2.50. The Balaban J connectivity index is 3.24. The van der Waals surface area contributed by atoms with Gasteiger partial charge in [-0.25, -0.2) is 4.79 Å². The van der Waals surface area contributed by atoms with E-state index in [1.165, 1.54) is 14.0 Å². The fourth-order valence-electron chi connectivity index (χ4n) is 2.40. The molecule has 0 aromatic rings. The molecule has 0 unspecified atom stereocenters. The Bertz CT molecular complexity index is 506. The summed E-state index contributed by atoms with van der Waals surface area (Å²) in [5.41, 5.74) is 0. The first-order chi connectivity index (χ1) is 11.2. The van der Waals surface area contributed by atoms with Crippen LogP contribution < -0.4 is 5.32 Å². The summed E-state index contributed by atoms with van der Waals surface area (Å²) in [6.45, 7) is 3.51. The normalized spacial score (nSPS) is 29.3. The highest BCUT2D eigenvalue weighted by atomic mass is 16.7. The van der Waals surface area contributed by atoms with Crippen molar-refractivity contribution in [2.24, 2.45) is 0 Å². The van der Waals surface area contributed by atoms with E-state index < -0.39 is 54.5 Å². The second-order valence-electron chi connectivity index (χ2n) is 5.06. The van der Waals surface area contributed by atoms with E-state index in [9.17, 15) is 19.2 Å². The number of hydrogen-bond acceptors (Lipinski definition) is 9. The molecule has 0 saturated carbocycles. The van der Waals surface area contributed by atoms with Gasteiger partial charge in [0.15, 0.2) is 12.2 Å². The molecule has 1 aliphatic heterocycles. The zero-order valence-corrected chi connectivity index (χ0v) is 14.1. The van der Waals surface area contributed by atoms with Crippen molar-refractivity contribution in [3.63, 3.8) is 0 Å². The maximum atomic E-state index is 12.0. The lowest BCUT2D eigenvalue weighted by Crippen LogP contribution is -2.67. The summed E-state index contributed by atoms with van der Waals surface area (Å²) in [4.78, 5) is 46.1. The van der Waals surface area contributed by atoms with Crippen molar-refractivity contribution in [3.05, 3.63) is 0 Å². The summed E-state index contributed by atoms with van der Waals surface area (Å²) in [5.74, 6) is -2.67. The van der Waals surface area contributed by atoms with Crippen LogP contribution in [-0.2, 0) is 42.9 Å². The molecule has 5 atom stereocenters. The topological polar surface area (TPSA) is 126 Å². The van der Waals surface area contributed by atoms with Gasteiger partial charge in [-0.3, -0.25) is 14.4 Å². The molecule has 1 rings (SSSR count). The summed E-state index contributed by atoms with van der Waals surface area (Å²) < 4.78 is 25.4. The Labute approximate surface area is 138 Å². The second kappa shape index (κ2) is 8.60. The van der Waals surface area contributed by atoms with Gasteiger partial charge in [-0.2, -0.15) is 0 Å². The van der Waals surface area contributed by atoms with Gasteiger partial charge in [0.25, 0.3) is 0 Å². The fourth-order valence-corrected chi connectivity index (χ4v) is 2.40. The molecule has 0 aliphatic carbocycles. The lowest BCUT2D eigenvalue weighted by Gasteiger charge is -2.43. The Kier molecular flexibility index (Phi) is 7.11. The number of esters is 3. The minimum atomic E-state index is -1.40. The van der Waals surface area contributed by atoms with Crippen molar-refractivity contribution in [3.8, 4) is 0 Å². The van der Waals surface area contributed by atoms with E-state index >= 15 is 0 Å². The molecule has 10 nitrogen and oxygen atoms in total. The van der Waals surface area contributed by atoms with Crippen molar-refractivity contribution < 1.29 is 42.9 Å². The molecule has 1 heterocycles. The first-order valence-corrected chi connectivity index (χ1v) is 7.08. The summed E-state index contributed by atoms with van der Waals surface area (Å²) in [6, 6.07) is -1.02. The molecule has 0 radical (unpaired) electrons. The van der Waals surface area contributed by atoms with E-state index in [0.29, 0.717) is 0 Å². The van der Waals surface area contributed by atoms with Crippen LogP contribution in [0, 0.1) is 0 Å². The molecule has 0 aromatic heterocycles. The average Bonchev–Trinajstić information content (AvgIpc) is 2.47. The van der Waals surface area contributed by atoms with Crippen LogP contribution in [0.3, 0.4) is 0 Å². The first-order valence-electron chi connectivity index (χ1n) is 7.08. The van der Waals surface area contributed by atoms with Crippen LogP contribution in [0.15, 0.2) is 0 Å². The Morgan fingerprint density at radius 3 is 1.92 bits per heavy atom. The van der Waals surface area contributed by atoms with Crippen molar-refractivity contribution in [2.75, 3.05) is 14.2 Å². The van der Waals surface area contributed by atoms with Gasteiger partial charge >= 0.3 is 17.9 Å². The molecule has 136 valence electrons. The maximum absolute atomic E-state index is 12.0. The SMILES string of the molecule is COC(=O)[C@@H]1O[C@H](OC(C)=O)[C@@H](OC(C)=O)[C@H](OC)[C@H]1NC(C)=O. The lowest BCUT2D eigenvalue weighted by molar-refractivity contribution is -0.274. The van der Waals surface area contributed by atoms with Crippen molar-refractivity contribution in [1.82, 2.24) is 5.32 Å². The van der Waals surface area contributed by atoms with Gasteiger partial charge in [-0.05, 0) is 0 Å². The van der Waals surface area contributed by atoms with Crippen LogP contribution in [0.4, 0.5) is 0 Å². The molecule has 0 aromatic carbocycles. The van der Waals surface area contributed by atoms with Crippen LogP contribution in [0.5, 0.6) is 0 Å². The minimum Gasteiger partial charge on any atom is -0.467 e. The number of hydrogen-bond donors (Lipinski definition) is 1. The van der Waals surface area contributed by atoms with E-state index in [1.54, 1.807) is 0 Å².